The molecule has 0 aliphatic carbocycles. The van der Waals surface area contributed by atoms with E-state index in [4.69, 9.17) is 9.97 Å². The Balaban J connectivity index is 1.77. The number of nitrogens with one attached hydrogen (secondary N) is 1. The molecule has 26 heavy (non-hydrogen) atoms. The molecular formula is C19H26N6O. The van der Waals surface area contributed by atoms with Crippen molar-refractivity contribution in [1.29, 1.82) is 0 Å². The molecule has 2 atom stereocenters. The quantitative estimate of drug-likeness (QED) is 0.823. The molecule has 0 aromatic carbocycles. The number of anilines is 1. The van der Waals surface area contributed by atoms with E-state index in [2.05, 4.69) is 20.1 Å². The second-order valence-corrected chi connectivity index (χ2v) is 7.26. The predicted molar refractivity (Wildman–Crippen MR) is 101 cm³/mol. The molecule has 1 saturated heterocycles. The van der Waals surface area contributed by atoms with Crippen molar-refractivity contribution in [2.75, 3.05) is 45.2 Å². The Bertz CT molecular complexity index is 766. The minimum Gasteiger partial charge on any atom is -0.390 e. The molecule has 4 rings (SSSR count). The average Bonchev–Trinajstić information content (AvgIpc) is 2.88. The van der Waals surface area contributed by atoms with Crippen LogP contribution in [0.1, 0.15) is 11.3 Å². The highest BCUT2D eigenvalue weighted by atomic mass is 16.3. The second-order valence-electron chi connectivity index (χ2n) is 7.26. The topological polar surface area (TPSA) is 77.4 Å². The van der Waals surface area contributed by atoms with Gasteiger partial charge in [0.15, 0.2) is 5.82 Å². The van der Waals surface area contributed by atoms with E-state index in [-0.39, 0.29) is 12.1 Å². The molecule has 1 fully saturated rings. The molecule has 0 unspecified atom stereocenters. The number of hydrogen-bond acceptors (Lipinski definition) is 7. The lowest BCUT2D eigenvalue weighted by Crippen LogP contribution is -2.38. The zero-order valence-electron chi connectivity index (χ0n) is 15.4. The number of nitrogens with zero attached hydrogens (tertiary/aromatic N) is 5. The molecule has 7 heteroatoms. The van der Waals surface area contributed by atoms with E-state index in [9.17, 15) is 5.11 Å². The van der Waals surface area contributed by atoms with E-state index in [1.165, 1.54) is 5.56 Å². The maximum atomic E-state index is 10.5. The summed E-state index contributed by atoms with van der Waals surface area (Å²) in [6, 6.07) is 5.92. The van der Waals surface area contributed by atoms with E-state index in [1.807, 2.05) is 32.3 Å². The SMILES string of the molecule is CN(C)[C@@H]1CN(c2nc(-c3ccccn3)nc3c2CCNCC3)C[C@H]1O. The first-order valence-electron chi connectivity index (χ1n) is 9.25. The number of pyridine rings is 1. The third kappa shape index (κ3) is 3.30. The van der Waals surface area contributed by atoms with Gasteiger partial charge in [0.25, 0.3) is 0 Å². The van der Waals surface area contributed by atoms with Gasteiger partial charge in [0.1, 0.15) is 11.5 Å². The van der Waals surface area contributed by atoms with Crippen LogP contribution >= 0.6 is 0 Å². The van der Waals surface area contributed by atoms with Gasteiger partial charge in [-0.05, 0) is 39.2 Å². The molecule has 4 heterocycles. The Morgan fingerprint density at radius 1 is 1.15 bits per heavy atom. The van der Waals surface area contributed by atoms with E-state index in [1.54, 1.807) is 6.20 Å². The zero-order chi connectivity index (χ0) is 18.1. The summed E-state index contributed by atoms with van der Waals surface area (Å²) in [5.74, 6) is 1.63. The number of aliphatic hydroxyl groups excluding tert-OH is 1. The van der Waals surface area contributed by atoms with Gasteiger partial charge in [-0.1, -0.05) is 6.07 Å². The van der Waals surface area contributed by atoms with E-state index < -0.39 is 0 Å². The molecule has 138 valence electrons. The molecule has 2 aromatic heterocycles. The van der Waals surface area contributed by atoms with Crippen molar-refractivity contribution >= 4 is 5.82 Å². The van der Waals surface area contributed by atoms with Crippen LogP contribution in [0.5, 0.6) is 0 Å². The summed E-state index contributed by atoms with van der Waals surface area (Å²) in [6.07, 6.45) is 3.19. The molecule has 2 N–H and O–H groups in total. The Morgan fingerprint density at radius 2 is 2.00 bits per heavy atom. The zero-order valence-corrected chi connectivity index (χ0v) is 15.4. The Hall–Kier alpha value is -2.09. The molecular weight excluding hydrogens is 328 g/mol. The van der Waals surface area contributed by atoms with Crippen LogP contribution in [0.4, 0.5) is 5.82 Å². The first-order valence-corrected chi connectivity index (χ1v) is 9.25. The summed E-state index contributed by atoms with van der Waals surface area (Å²) >= 11 is 0. The Morgan fingerprint density at radius 3 is 2.73 bits per heavy atom. The van der Waals surface area contributed by atoms with Gasteiger partial charge >= 0.3 is 0 Å². The van der Waals surface area contributed by atoms with Crippen molar-refractivity contribution in [2.45, 2.75) is 25.0 Å². The van der Waals surface area contributed by atoms with Gasteiger partial charge in [-0.15, -0.1) is 0 Å². The maximum Gasteiger partial charge on any atom is 0.180 e. The van der Waals surface area contributed by atoms with E-state index in [0.29, 0.717) is 12.4 Å². The average molecular weight is 354 g/mol. The van der Waals surface area contributed by atoms with Gasteiger partial charge in [0.2, 0.25) is 0 Å². The first-order chi connectivity index (χ1) is 12.6. The van der Waals surface area contributed by atoms with Gasteiger partial charge < -0.3 is 20.2 Å². The molecule has 2 aliphatic rings. The molecule has 0 radical (unpaired) electrons. The summed E-state index contributed by atoms with van der Waals surface area (Å²) in [5.41, 5.74) is 3.10. The van der Waals surface area contributed by atoms with Crippen LogP contribution in [0.2, 0.25) is 0 Å². The lowest BCUT2D eigenvalue weighted by Gasteiger charge is -2.24. The standard InChI is InChI=1S/C19H26N6O/c1-24(2)16-11-25(12-17(16)26)19-13-6-9-20-10-7-14(13)22-18(23-19)15-5-3-4-8-21-15/h3-5,8,16-17,20,26H,6-7,9-12H2,1-2H3/t16-,17-/m1/s1. The lowest BCUT2D eigenvalue weighted by molar-refractivity contribution is 0.114. The van der Waals surface area contributed by atoms with Crippen LogP contribution in [-0.2, 0) is 12.8 Å². The van der Waals surface area contributed by atoms with Crippen LogP contribution in [0.15, 0.2) is 24.4 Å². The van der Waals surface area contributed by atoms with Gasteiger partial charge in [-0.2, -0.15) is 0 Å². The predicted octanol–water partition coefficient (Wildman–Crippen LogP) is 0.338. The molecule has 0 bridgehead atoms. The van der Waals surface area contributed by atoms with Crippen molar-refractivity contribution in [3.63, 3.8) is 0 Å². The highest BCUT2D eigenvalue weighted by Gasteiger charge is 2.35. The molecule has 0 amide bonds. The highest BCUT2D eigenvalue weighted by Crippen LogP contribution is 2.29. The fraction of sp³-hybridized carbons (Fsp3) is 0.526. The van der Waals surface area contributed by atoms with E-state index in [0.717, 1.165) is 49.7 Å². The fourth-order valence-electron chi connectivity index (χ4n) is 3.85. The van der Waals surface area contributed by atoms with E-state index >= 15 is 0 Å². The molecule has 2 aromatic rings. The third-order valence-corrected chi connectivity index (χ3v) is 5.28. The molecule has 2 aliphatic heterocycles. The monoisotopic (exact) mass is 354 g/mol. The number of hydrogen-bond donors (Lipinski definition) is 2. The van der Waals surface area contributed by atoms with Gasteiger partial charge in [-0.3, -0.25) is 4.98 Å². The Kier molecular flexibility index (Phi) is 4.84. The van der Waals surface area contributed by atoms with Crippen LogP contribution in [0.25, 0.3) is 11.5 Å². The normalized spacial score (nSPS) is 23.2. The van der Waals surface area contributed by atoms with Crippen LogP contribution in [-0.4, -0.2) is 77.4 Å². The van der Waals surface area contributed by atoms with Crippen LogP contribution < -0.4 is 10.2 Å². The summed E-state index contributed by atoms with van der Waals surface area (Å²) in [7, 11) is 4.03. The van der Waals surface area contributed by atoms with Gasteiger partial charge in [0, 0.05) is 37.8 Å². The smallest absolute Gasteiger partial charge is 0.180 e. The highest BCUT2D eigenvalue weighted by molar-refractivity contribution is 5.59. The van der Waals surface area contributed by atoms with Crippen molar-refractivity contribution in [2.24, 2.45) is 0 Å². The number of fused-ring (bicyclic) bond motifs is 1. The number of β-amino-alcohol motifs (C(OH)–C–C–N with tert-alkyl or cyclic N) is 1. The largest absolute Gasteiger partial charge is 0.390 e. The summed E-state index contributed by atoms with van der Waals surface area (Å²) in [5, 5.41) is 13.9. The molecule has 0 saturated carbocycles. The Labute approximate surface area is 154 Å². The molecule has 0 spiro atoms. The number of aromatic nitrogens is 3. The van der Waals surface area contributed by atoms with Crippen LogP contribution in [0, 0.1) is 0 Å². The number of aliphatic hydroxyl groups is 1. The van der Waals surface area contributed by atoms with Gasteiger partial charge in [0.05, 0.1) is 17.8 Å². The number of likely N-dealkylation sites (N-methyl/N-ethyl adjacent to an activating group) is 1. The summed E-state index contributed by atoms with van der Waals surface area (Å²) < 4.78 is 0. The maximum absolute atomic E-state index is 10.5. The first kappa shape index (κ1) is 17.3. The summed E-state index contributed by atoms with van der Waals surface area (Å²) in [4.78, 5) is 18.5. The molecule has 7 nitrogen and oxygen atoms in total. The number of rotatable bonds is 3. The fourth-order valence-corrected chi connectivity index (χ4v) is 3.85. The minimum atomic E-state index is -0.377. The van der Waals surface area contributed by atoms with Crippen LogP contribution in [0.3, 0.4) is 0 Å². The van der Waals surface area contributed by atoms with Crippen molar-refractivity contribution in [3.05, 3.63) is 35.7 Å². The minimum absolute atomic E-state index is 0.114. The van der Waals surface area contributed by atoms with Crippen molar-refractivity contribution in [3.8, 4) is 11.5 Å². The van der Waals surface area contributed by atoms with Gasteiger partial charge in [-0.25, -0.2) is 9.97 Å². The summed E-state index contributed by atoms with van der Waals surface area (Å²) in [6.45, 7) is 3.22. The second kappa shape index (κ2) is 7.26. The third-order valence-electron chi connectivity index (χ3n) is 5.28. The van der Waals surface area contributed by atoms with Crippen molar-refractivity contribution in [1.82, 2.24) is 25.2 Å². The lowest BCUT2D eigenvalue weighted by atomic mass is 10.1. The van der Waals surface area contributed by atoms with Crippen molar-refractivity contribution < 1.29 is 5.11 Å².